The van der Waals surface area contributed by atoms with Gasteiger partial charge in [-0.25, -0.2) is 13.2 Å². The molecule has 26 heavy (non-hydrogen) atoms. The van der Waals surface area contributed by atoms with E-state index in [1.807, 2.05) is 0 Å². The number of nitrogens with zero attached hydrogens (tertiary/aromatic N) is 1. The quantitative estimate of drug-likeness (QED) is 0.563. The lowest BCUT2D eigenvalue weighted by molar-refractivity contribution is 0.0191. The number of ether oxygens (including phenoxy) is 1. The summed E-state index contributed by atoms with van der Waals surface area (Å²) in [6.07, 6.45) is 0.744. The standard InChI is InChI=1S/C16H32NO7PS/c1-6-22-25(19,23-7-2)13-26(20,21)12-14-8-10-17(11-9-14)15(18)24-16(3,4)5/h14H,6-13H2,1-5H3. The van der Waals surface area contributed by atoms with Crippen molar-refractivity contribution < 1.29 is 31.6 Å². The van der Waals surface area contributed by atoms with Crippen LogP contribution in [0.4, 0.5) is 4.79 Å². The van der Waals surface area contributed by atoms with Crippen LogP contribution in [0.5, 0.6) is 0 Å². The predicted molar refractivity (Wildman–Crippen MR) is 100 cm³/mol. The molecule has 0 aliphatic carbocycles. The Balaban J connectivity index is 2.57. The summed E-state index contributed by atoms with van der Waals surface area (Å²) < 4.78 is 52.8. The first-order valence-electron chi connectivity index (χ1n) is 8.96. The van der Waals surface area contributed by atoms with Gasteiger partial charge in [-0.15, -0.1) is 0 Å². The summed E-state index contributed by atoms with van der Waals surface area (Å²) in [5.41, 5.74) is -1.16. The maximum absolute atomic E-state index is 12.5. The summed E-state index contributed by atoms with van der Waals surface area (Å²) >= 11 is 0. The Bertz CT molecular complexity index is 597. The fourth-order valence-electron chi connectivity index (χ4n) is 2.77. The number of rotatable bonds is 8. The molecule has 0 bridgehead atoms. The van der Waals surface area contributed by atoms with Gasteiger partial charge in [0.25, 0.3) is 0 Å². The Kier molecular flexibility index (Phi) is 8.58. The SMILES string of the molecule is CCOP(=O)(CS(=O)(=O)CC1CCN(C(=O)OC(C)(C)C)CC1)OCC. The average Bonchev–Trinajstić information content (AvgIpc) is 2.45. The van der Waals surface area contributed by atoms with E-state index in [4.69, 9.17) is 13.8 Å². The van der Waals surface area contributed by atoms with E-state index in [-0.39, 0.29) is 31.0 Å². The van der Waals surface area contributed by atoms with Crippen LogP contribution in [-0.4, -0.2) is 62.6 Å². The number of hydrogen-bond acceptors (Lipinski definition) is 7. The summed E-state index contributed by atoms with van der Waals surface area (Å²) in [5.74, 6) is -0.172. The van der Waals surface area contributed by atoms with Gasteiger partial charge < -0.3 is 18.7 Å². The molecule has 1 amide bonds. The minimum Gasteiger partial charge on any atom is -0.444 e. The van der Waals surface area contributed by atoms with E-state index in [1.54, 1.807) is 39.5 Å². The zero-order chi connectivity index (χ0) is 20.0. The van der Waals surface area contributed by atoms with Gasteiger partial charge in [-0.1, -0.05) is 0 Å². The maximum atomic E-state index is 12.5. The first kappa shape index (κ1) is 23.4. The van der Waals surface area contributed by atoms with Crippen LogP contribution in [0.3, 0.4) is 0 Å². The van der Waals surface area contributed by atoms with E-state index < -0.39 is 28.5 Å². The highest BCUT2D eigenvalue weighted by molar-refractivity contribution is 7.97. The van der Waals surface area contributed by atoms with Gasteiger partial charge in [0, 0.05) is 13.1 Å². The molecule has 1 heterocycles. The number of likely N-dealkylation sites (tertiary alicyclic amines) is 1. The Hall–Kier alpha value is -0.630. The van der Waals surface area contributed by atoms with Crippen LogP contribution in [0.15, 0.2) is 0 Å². The number of amides is 1. The van der Waals surface area contributed by atoms with Crippen LogP contribution in [0, 0.1) is 5.92 Å². The largest absolute Gasteiger partial charge is 0.444 e. The molecular formula is C16H32NO7PS. The highest BCUT2D eigenvalue weighted by Gasteiger charge is 2.35. The summed E-state index contributed by atoms with van der Waals surface area (Å²) in [6, 6.07) is 0. The van der Waals surface area contributed by atoms with Crippen molar-refractivity contribution in [3.8, 4) is 0 Å². The van der Waals surface area contributed by atoms with Gasteiger partial charge in [-0.3, -0.25) is 4.57 Å². The van der Waals surface area contributed by atoms with E-state index in [2.05, 4.69) is 0 Å². The van der Waals surface area contributed by atoms with Crippen molar-refractivity contribution in [1.82, 2.24) is 4.90 Å². The molecule has 8 nitrogen and oxygen atoms in total. The van der Waals surface area contributed by atoms with Crippen LogP contribution in [0.25, 0.3) is 0 Å². The number of piperidine rings is 1. The Morgan fingerprint density at radius 2 is 1.62 bits per heavy atom. The van der Waals surface area contributed by atoms with E-state index in [0.29, 0.717) is 25.9 Å². The van der Waals surface area contributed by atoms with E-state index in [9.17, 15) is 17.8 Å². The fourth-order valence-corrected chi connectivity index (χ4v) is 7.62. The van der Waals surface area contributed by atoms with Crippen LogP contribution in [0.2, 0.25) is 0 Å². The van der Waals surface area contributed by atoms with Gasteiger partial charge in [-0.2, -0.15) is 0 Å². The molecule has 1 rings (SSSR count). The summed E-state index contributed by atoms with van der Waals surface area (Å²) in [4.78, 5) is 13.6. The third-order valence-electron chi connectivity index (χ3n) is 3.76. The van der Waals surface area contributed by atoms with Gasteiger partial charge in [0.15, 0.2) is 15.3 Å². The maximum Gasteiger partial charge on any atom is 0.410 e. The lowest BCUT2D eigenvalue weighted by Crippen LogP contribution is -2.42. The van der Waals surface area contributed by atoms with Crippen LogP contribution < -0.4 is 0 Å². The van der Waals surface area contributed by atoms with Crippen LogP contribution in [-0.2, 0) is 28.2 Å². The first-order valence-corrected chi connectivity index (χ1v) is 12.5. The molecule has 0 saturated carbocycles. The Morgan fingerprint density at radius 1 is 1.12 bits per heavy atom. The predicted octanol–water partition coefficient (Wildman–Crippen LogP) is 3.27. The third-order valence-corrected chi connectivity index (χ3v) is 8.88. The summed E-state index contributed by atoms with van der Waals surface area (Å²) in [5, 5.41) is 0. The molecule has 0 radical (unpaired) electrons. The molecule has 0 spiro atoms. The lowest BCUT2D eigenvalue weighted by atomic mass is 9.99. The second-order valence-electron chi connectivity index (χ2n) is 7.40. The van der Waals surface area contributed by atoms with Crippen LogP contribution in [0.1, 0.15) is 47.5 Å². The van der Waals surface area contributed by atoms with Crippen molar-refractivity contribution in [2.75, 3.05) is 37.6 Å². The second-order valence-corrected chi connectivity index (χ2v) is 12.0. The summed E-state index contributed by atoms with van der Waals surface area (Å²) in [7, 11) is -7.23. The molecule has 0 aromatic rings. The number of hydrogen-bond donors (Lipinski definition) is 0. The zero-order valence-electron chi connectivity index (χ0n) is 16.4. The van der Waals surface area contributed by atoms with Gasteiger partial charge >= 0.3 is 13.7 Å². The second kappa shape index (κ2) is 9.53. The average molecular weight is 413 g/mol. The fraction of sp³-hybridized carbons (Fsp3) is 0.938. The monoisotopic (exact) mass is 413 g/mol. The van der Waals surface area contributed by atoms with Crippen LogP contribution >= 0.6 is 7.60 Å². The molecule has 154 valence electrons. The highest BCUT2D eigenvalue weighted by Crippen LogP contribution is 2.49. The first-order chi connectivity index (χ1) is 11.9. The highest BCUT2D eigenvalue weighted by atomic mass is 32.2. The van der Waals surface area contributed by atoms with Crippen molar-refractivity contribution in [2.45, 2.75) is 53.1 Å². The lowest BCUT2D eigenvalue weighted by Gasteiger charge is -2.33. The van der Waals surface area contributed by atoms with Crippen molar-refractivity contribution in [1.29, 1.82) is 0 Å². The topological polar surface area (TPSA) is 99.2 Å². The molecule has 1 saturated heterocycles. The van der Waals surface area contributed by atoms with E-state index in [1.165, 1.54) is 0 Å². The van der Waals surface area contributed by atoms with Gasteiger partial charge in [0.05, 0.1) is 19.0 Å². The molecule has 1 aliphatic heterocycles. The molecule has 0 aromatic carbocycles. The smallest absolute Gasteiger partial charge is 0.410 e. The van der Waals surface area contributed by atoms with E-state index >= 15 is 0 Å². The van der Waals surface area contributed by atoms with Crippen molar-refractivity contribution in [2.24, 2.45) is 5.92 Å². The van der Waals surface area contributed by atoms with Crippen molar-refractivity contribution in [3.05, 3.63) is 0 Å². The zero-order valence-corrected chi connectivity index (χ0v) is 18.1. The number of sulfone groups is 1. The molecular weight excluding hydrogens is 381 g/mol. The number of carbonyl (C=O) groups excluding carboxylic acids is 1. The van der Waals surface area contributed by atoms with Gasteiger partial charge in [0.1, 0.15) is 5.60 Å². The Morgan fingerprint density at radius 3 is 2.04 bits per heavy atom. The molecule has 0 N–H and O–H groups in total. The minimum atomic E-state index is -3.63. The number of carbonyl (C=O) groups is 1. The van der Waals surface area contributed by atoms with Crippen molar-refractivity contribution >= 4 is 23.5 Å². The molecule has 0 atom stereocenters. The minimum absolute atomic E-state index is 0.0840. The molecule has 0 unspecified atom stereocenters. The van der Waals surface area contributed by atoms with Crippen molar-refractivity contribution in [3.63, 3.8) is 0 Å². The van der Waals surface area contributed by atoms with Gasteiger partial charge in [-0.05, 0) is 53.4 Å². The molecule has 1 fully saturated rings. The molecule has 1 aliphatic rings. The van der Waals surface area contributed by atoms with Gasteiger partial charge in [0.2, 0.25) is 0 Å². The normalized spacial score (nSPS) is 17.3. The molecule has 10 heteroatoms. The third kappa shape index (κ3) is 8.37. The van der Waals surface area contributed by atoms with E-state index in [0.717, 1.165) is 0 Å². The Labute approximate surface area is 157 Å². The molecule has 0 aromatic heterocycles. The summed E-state index contributed by atoms with van der Waals surface area (Å²) in [6.45, 7) is 9.85.